The van der Waals surface area contributed by atoms with E-state index in [-0.39, 0.29) is 23.8 Å². The van der Waals surface area contributed by atoms with Gasteiger partial charge >= 0.3 is 0 Å². The van der Waals surface area contributed by atoms with Crippen molar-refractivity contribution >= 4 is 21.6 Å². The Balaban J connectivity index is 1.75. The van der Waals surface area contributed by atoms with Crippen molar-refractivity contribution < 1.29 is 27.4 Å². The molecule has 28 heavy (non-hydrogen) atoms. The minimum Gasteiger partial charge on any atom is -0.497 e. The van der Waals surface area contributed by atoms with Crippen molar-refractivity contribution in [2.75, 3.05) is 32.8 Å². The summed E-state index contributed by atoms with van der Waals surface area (Å²) in [7, 11) is 0.648. The van der Waals surface area contributed by atoms with Gasteiger partial charge in [-0.1, -0.05) is 0 Å². The molecule has 0 spiro atoms. The van der Waals surface area contributed by atoms with Gasteiger partial charge in [-0.05, 0) is 36.4 Å². The molecule has 0 radical (unpaired) electrons. The summed E-state index contributed by atoms with van der Waals surface area (Å²) in [6.45, 7) is 0.248. The van der Waals surface area contributed by atoms with Gasteiger partial charge in [0.2, 0.25) is 15.9 Å². The predicted octanol–water partition coefficient (Wildman–Crippen LogP) is 1.80. The molecular formula is C19H22N2O6S. The first-order valence-corrected chi connectivity index (χ1v) is 10.0. The zero-order valence-corrected chi connectivity index (χ0v) is 16.7. The molecule has 0 saturated carbocycles. The Morgan fingerprint density at radius 1 is 0.964 bits per heavy atom. The van der Waals surface area contributed by atoms with Crippen LogP contribution >= 0.6 is 0 Å². The summed E-state index contributed by atoms with van der Waals surface area (Å²) in [5, 5.41) is 0. The van der Waals surface area contributed by atoms with Crippen LogP contribution in [0, 0.1) is 0 Å². The molecular weight excluding hydrogens is 384 g/mol. The molecule has 1 heterocycles. The Labute approximate surface area is 164 Å². The highest BCUT2D eigenvalue weighted by Crippen LogP contribution is 2.30. The van der Waals surface area contributed by atoms with Crippen molar-refractivity contribution in [2.24, 2.45) is 0 Å². The minimum atomic E-state index is -3.83. The molecule has 2 aromatic rings. The standard InChI is InChI=1S/C19H22N2O6S/c1-25-15-6-4-14(5-7-15)21-12-13(10-19(21)22)20-28(23,24)16-8-9-17(26-2)18(11-16)27-3/h4-9,11,13,20H,10,12H2,1-3H3/t13-/m1/s1. The summed E-state index contributed by atoms with van der Waals surface area (Å²) in [5.41, 5.74) is 0.693. The van der Waals surface area contributed by atoms with Gasteiger partial charge in [0, 0.05) is 30.8 Å². The molecule has 1 aliphatic rings. The molecule has 1 aliphatic heterocycles. The topological polar surface area (TPSA) is 94.2 Å². The van der Waals surface area contributed by atoms with Gasteiger partial charge in [-0.2, -0.15) is 0 Å². The fraction of sp³-hybridized carbons (Fsp3) is 0.316. The molecule has 150 valence electrons. The van der Waals surface area contributed by atoms with E-state index in [1.54, 1.807) is 36.3 Å². The lowest BCUT2D eigenvalue weighted by molar-refractivity contribution is -0.117. The molecule has 1 amide bonds. The third-order valence-electron chi connectivity index (χ3n) is 4.50. The molecule has 3 rings (SSSR count). The van der Waals surface area contributed by atoms with Gasteiger partial charge in [-0.15, -0.1) is 0 Å². The van der Waals surface area contributed by atoms with E-state index in [2.05, 4.69) is 4.72 Å². The largest absolute Gasteiger partial charge is 0.497 e. The Morgan fingerprint density at radius 3 is 2.25 bits per heavy atom. The number of anilines is 1. The lowest BCUT2D eigenvalue weighted by atomic mass is 10.3. The van der Waals surface area contributed by atoms with E-state index in [0.29, 0.717) is 22.9 Å². The SMILES string of the molecule is COc1ccc(N2C[C@H](NS(=O)(=O)c3ccc(OC)c(OC)c3)CC2=O)cc1. The number of rotatable bonds is 7. The first-order valence-electron chi connectivity index (χ1n) is 8.56. The van der Waals surface area contributed by atoms with Gasteiger partial charge in [0.25, 0.3) is 0 Å². The second kappa shape index (κ2) is 8.07. The number of methoxy groups -OCH3 is 3. The van der Waals surface area contributed by atoms with Gasteiger partial charge in [0.05, 0.1) is 26.2 Å². The van der Waals surface area contributed by atoms with Crippen LogP contribution in [-0.4, -0.2) is 48.2 Å². The Hall–Kier alpha value is -2.78. The van der Waals surface area contributed by atoms with Crippen molar-refractivity contribution in [1.29, 1.82) is 0 Å². The van der Waals surface area contributed by atoms with E-state index < -0.39 is 16.1 Å². The maximum Gasteiger partial charge on any atom is 0.241 e. The van der Waals surface area contributed by atoms with Crippen LogP contribution in [0.3, 0.4) is 0 Å². The summed E-state index contributed by atoms with van der Waals surface area (Å²) in [5.74, 6) is 1.28. The third-order valence-corrected chi connectivity index (χ3v) is 6.01. The molecule has 1 atom stereocenters. The lowest BCUT2D eigenvalue weighted by Gasteiger charge is -2.18. The molecule has 1 fully saturated rings. The van der Waals surface area contributed by atoms with E-state index in [1.165, 1.54) is 32.4 Å². The molecule has 0 aromatic heterocycles. The number of benzene rings is 2. The quantitative estimate of drug-likeness (QED) is 0.754. The highest BCUT2D eigenvalue weighted by molar-refractivity contribution is 7.89. The Morgan fingerprint density at radius 2 is 1.64 bits per heavy atom. The van der Waals surface area contributed by atoms with E-state index in [0.717, 1.165) is 0 Å². The first-order chi connectivity index (χ1) is 13.4. The molecule has 0 unspecified atom stereocenters. The number of carbonyl (C=O) groups is 1. The normalized spacial score (nSPS) is 16.9. The summed E-state index contributed by atoms with van der Waals surface area (Å²) in [6.07, 6.45) is 0.0819. The van der Waals surface area contributed by atoms with Crippen LogP contribution in [0.2, 0.25) is 0 Å². The number of nitrogens with one attached hydrogen (secondary N) is 1. The van der Waals surface area contributed by atoms with E-state index in [9.17, 15) is 13.2 Å². The summed E-state index contributed by atoms with van der Waals surface area (Å²) >= 11 is 0. The van der Waals surface area contributed by atoms with Crippen molar-refractivity contribution in [2.45, 2.75) is 17.4 Å². The third kappa shape index (κ3) is 4.05. The number of hydrogen-bond acceptors (Lipinski definition) is 6. The van der Waals surface area contributed by atoms with Gasteiger partial charge in [0.1, 0.15) is 5.75 Å². The highest BCUT2D eigenvalue weighted by Gasteiger charge is 2.33. The molecule has 0 bridgehead atoms. The number of nitrogens with zero attached hydrogens (tertiary/aromatic N) is 1. The maximum absolute atomic E-state index is 12.7. The molecule has 9 heteroatoms. The van der Waals surface area contributed by atoms with Gasteiger partial charge in [0.15, 0.2) is 11.5 Å². The molecule has 1 N–H and O–H groups in total. The summed E-state index contributed by atoms with van der Waals surface area (Å²) in [4.78, 5) is 14.0. The van der Waals surface area contributed by atoms with Crippen LogP contribution < -0.4 is 23.8 Å². The second-order valence-corrected chi connectivity index (χ2v) is 7.96. The van der Waals surface area contributed by atoms with Crippen LogP contribution in [0.1, 0.15) is 6.42 Å². The zero-order valence-electron chi connectivity index (χ0n) is 15.8. The summed E-state index contributed by atoms with van der Waals surface area (Å²) < 4.78 is 43.5. The highest BCUT2D eigenvalue weighted by atomic mass is 32.2. The van der Waals surface area contributed by atoms with Crippen LogP contribution in [-0.2, 0) is 14.8 Å². The second-order valence-electron chi connectivity index (χ2n) is 6.24. The molecule has 1 saturated heterocycles. The average molecular weight is 406 g/mol. The molecule has 0 aliphatic carbocycles. The Bertz CT molecular complexity index is 959. The van der Waals surface area contributed by atoms with Crippen molar-refractivity contribution in [3.05, 3.63) is 42.5 Å². The maximum atomic E-state index is 12.7. The fourth-order valence-electron chi connectivity index (χ4n) is 3.07. The number of sulfonamides is 1. The average Bonchev–Trinajstić information content (AvgIpc) is 3.06. The monoisotopic (exact) mass is 406 g/mol. The van der Waals surface area contributed by atoms with Crippen LogP contribution in [0.25, 0.3) is 0 Å². The number of ether oxygens (including phenoxy) is 3. The zero-order chi connectivity index (χ0) is 20.3. The van der Waals surface area contributed by atoms with E-state index >= 15 is 0 Å². The summed E-state index contributed by atoms with van der Waals surface area (Å²) in [6, 6.07) is 10.8. The van der Waals surface area contributed by atoms with Gasteiger partial charge < -0.3 is 19.1 Å². The van der Waals surface area contributed by atoms with Gasteiger partial charge in [-0.3, -0.25) is 4.79 Å². The van der Waals surface area contributed by atoms with Crippen LogP contribution in [0.4, 0.5) is 5.69 Å². The van der Waals surface area contributed by atoms with E-state index in [4.69, 9.17) is 14.2 Å². The Kier molecular flexibility index (Phi) is 5.76. The number of carbonyl (C=O) groups excluding carboxylic acids is 1. The van der Waals surface area contributed by atoms with E-state index in [1.807, 2.05) is 0 Å². The smallest absolute Gasteiger partial charge is 0.241 e. The van der Waals surface area contributed by atoms with Crippen molar-refractivity contribution in [3.8, 4) is 17.2 Å². The first kappa shape index (κ1) is 20.0. The van der Waals surface area contributed by atoms with Crippen molar-refractivity contribution in [1.82, 2.24) is 4.72 Å². The fourth-order valence-corrected chi connectivity index (χ4v) is 4.31. The van der Waals surface area contributed by atoms with Gasteiger partial charge in [-0.25, -0.2) is 13.1 Å². The van der Waals surface area contributed by atoms with Crippen LogP contribution in [0.5, 0.6) is 17.2 Å². The van der Waals surface area contributed by atoms with Crippen molar-refractivity contribution in [3.63, 3.8) is 0 Å². The molecule has 8 nitrogen and oxygen atoms in total. The number of hydrogen-bond donors (Lipinski definition) is 1. The van der Waals surface area contributed by atoms with Crippen LogP contribution in [0.15, 0.2) is 47.4 Å². The molecule has 2 aromatic carbocycles. The number of amides is 1. The minimum absolute atomic E-state index is 0.0421. The predicted molar refractivity (Wildman–Crippen MR) is 104 cm³/mol. The lowest BCUT2D eigenvalue weighted by Crippen LogP contribution is -2.37.